The maximum absolute atomic E-state index is 12.2. The van der Waals surface area contributed by atoms with Gasteiger partial charge in [-0.25, -0.2) is 4.79 Å². The summed E-state index contributed by atoms with van der Waals surface area (Å²) in [6.07, 6.45) is 5.13. The van der Waals surface area contributed by atoms with Crippen LogP contribution in [0.15, 0.2) is 48.5 Å². The number of rotatable bonds is 8. The fourth-order valence-electron chi connectivity index (χ4n) is 4.60. The Labute approximate surface area is 200 Å². The van der Waals surface area contributed by atoms with Crippen molar-refractivity contribution in [3.8, 4) is 0 Å². The molecule has 0 aromatic heterocycles. The average Bonchev–Trinajstić information content (AvgIpc) is 2.84. The van der Waals surface area contributed by atoms with Crippen molar-refractivity contribution in [3.05, 3.63) is 54.1 Å². The first-order chi connectivity index (χ1) is 16.5. The van der Waals surface area contributed by atoms with E-state index < -0.39 is 18.0 Å². The van der Waals surface area contributed by atoms with Gasteiger partial charge in [-0.1, -0.05) is 31.9 Å². The van der Waals surface area contributed by atoms with Crippen LogP contribution in [0.5, 0.6) is 0 Å². The predicted octanol–water partition coefficient (Wildman–Crippen LogP) is 3.66. The number of carbonyl (C=O) groups excluding carboxylic acids is 3. The van der Waals surface area contributed by atoms with Crippen LogP contribution in [0.4, 0.5) is 21.9 Å². The van der Waals surface area contributed by atoms with E-state index in [1.54, 1.807) is 0 Å². The van der Waals surface area contributed by atoms with Crippen LogP contribution in [0.1, 0.15) is 44.6 Å². The minimum atomic E-state index is -0.840. The molecular weight excluding hydrogens is 430 g/mol. The summed E-state index contributed by atoms with van der Waals surface area (Å²) in [6.45, 7) is 4.86. The topological polar surface area (TPSA) is 103 Å². The number of carbonyl (C=O) groups is 3. The molecular formula is C26H33N5O3. The Hall–Kier alpha value is -3.55. The molecule has 2 aliphatic rings. The van der Waals surface area contributed by atoms with E-state index in [-0.39, 0.29) is 12.3 Å². The van der Waals surface area contributed by atoms with Crippen LogP contribution >= 0.6 is 0 Å². The van der Waals surface area contributed by atoms with Crippen LogP contribution < -0.4 is 26.2 Å². The van der Waals surface area contributed by atoms with Crippen LogP contribution in [0.25, 0.3) is 0 Å². The molecule has 0 unspecified atom stereocenters. The van der Waals surface area contributed by atoms with Gasteiger partial charge in [0.1, 0.15) is 6.04 Å². The summed E-state index contributed by atoms with van der Waals surface area (Å²) in [5, 5.41) is 10.7. The molecule has 2 aliphatic heterocycles. The van der Waals surface area contributed by atoms with Gasteiger partial charge in [0.25, 0.3) is 0 Å². The van der Waals surface area contributed by atoms with Gasteiger partial charge in [-0.3, -0.25) is 14.9 Å². The van der Waals surface area contributed by atoms with E-state index in [1.165, 1.54) is 31.4 Å². The van der Waals surface area contributed by atoms with Crippen molar-refractivity contribution in [3.63, 3.8) is 0 Å². The molecule has 2 aromatic carbocycles. The first-order valence-corrected chi connectivity index (χ1v) is 12.1. The van der Waals surface area contributed by atoms with Crippen molar-refractivity contribution < 1.29 is 14.4 Å². The highest BCUT2D eigenvalue weighted by Gasteiger charge is 2.29. The summed E-state index contributed by atoms with van der Waals surface area (Å²) >= 11 is 0. The second kappa shape index (κ2) is 11.0. The molecule has 180 valence electrons. The Morgan fingerprint density at radius 3 is 2.26 bits per heavy atom. The molecule has 34 heavy (non-hydrogen) atoms. The maximum Gasteiger partial charge on any atom is 0.322 e. The third-order valence-electron chi connectivity index (χ3n) is 6.52. The second-order valence-corrected chi connectivity index (χ2v) is 9.08. The number of hydrogen-bond donors (Lipinski definition) is 4. The second-order valence-electron chi connectivity index (χ2n) is 9.08. The third kappa shape index (κ3) is 6.27. The van der Waals surface area contributed by atoms with E-state index in [0.717, 1.165) is 35.9 Å². The number of amides is 4. The molecule has 0 radical (unpaired) electrons. The van der Waals surface area contributed by atoms with Gasteiger partial charge in [-0.2, -0.15) is 0 Å². The monoisotopic (exact) mass is 463 g/mol. The van der Waals surface area contributed by atoms with E-state index in [4.69, 9.17) is 0 Å². The van der Waals surface area contributed by atoms with Crippen molar-refractivity contribution in [2.75, 3.05) is 23.3 Å². The van der Waals surface area contributed by atoms with E-state index in [0.29, 0.717) is 6.54 Å². The molecule has 4 rings (SSSR count). The highest BCUT2D eigenvalue weighted by molar-refractivity contribution is 6.02. The van der Waals surface area contributed by atoms with Crippen LogP contribution in [0.3, 0.4) is 0 Å². The molecule has 0 spiro atoms. The normalized spacial score (nSPS) is 18.7. The van der Waals surface area contributed by atoms with Gasteiger partial charge in [0.2, 0.25) is 11.8 Å². The zero-order chi connectivity index (χ0) is 23.9. The molecule has 4 amide bonds. The summed E-state index contributed by atoms with van der Waals surface area (Å²) in [5.74, 6) is 0.0529. The minimum absolute atomic E-state index is 0.0592. The Morgan fingerprint density at radius 1 is 1.00 bits per heavy atom. The lowest BCUT2D eigenvalue weighted by atomic mass is 9.92. The van der Waals surface area contributed by atoms with Gasteiger partial charge in [0.15, 0.2) is 0 Å². The highest BCUT2D eigenvalue weighted by atomic mass is 16.2. The minimum Gasteiger partial charge on any atom is -0.372 e. The molecule has 4 N–H and O–H groups in total. The first-order valence-electron chi connectivity index (χ1n) is 12.1. The molecule has 2 saturated heterocycles. The van der Waals surface area contributed by atoms with Gasteiger partial charge in [-0.15, -0.1) is 0 Å². The zero-order valence-corrected chi connectivity index (χ0v) is 19.6. The van der Waals surface area contributed by atoms with Crippen molar-refractivity contribution in [2.24, 2.45) is 5.92 Å². The van der Waals surface area contributed by atoms with Crippen LogP contribution in [-0.4, -0.2) is 37.0 Å². The van der Waals surface area contributed by atoms with E-state index >= 15 is 0 Å². The maximum atomic E-state index is 12.2. The predicted molar refractivity (Wildman–Crippen MR) is 133 cm³/mol. The lowest BCUT2D eigenvalue weighted by Gasteiger charge is -2.33. The average molecular weight is 464 g/mol. The zero-order valence-electron chi connectivity index (χ0n) is 19.6. The number of hydrogen-bond acceptors (Lipinski definition) is 5. The summed E-state index contributed by atoms with van der Waals surface area (Å²) in [5.41, 5.74) is 4.18. The lowest BCUT2D eigenvalue weighted by Crippen LogP contribution is -2.57. The third-order valence-corrected chi connectivity index (χ3v) is 6.52. The molecule has 2 heterocycles. The summed E-state index contributed by atoms with van der Waals surface area (Å²) in [4.78, 5) is 37.5. The Kier molecular flexibility index (Phi) is 7.67. The molecule has 8 nitrogen and oxygen atoms in total. The number of nitrogens with zero attached hydrogens (tertiary/aromatic N) is 1. The summed E-state index contributed by atoms with van der Waals surface area (Å²) < 4.78 is 0. The Morgan fingerprint density at radius 2 is 1.65 bits per heavy atom. The fraction of sp³-hybridized carbons (Fsp3) is 0.423. The standard InChI is InChI=1S/C26H33N5O3/c1-2-3-18-12-14-31(15-13-18)22-10-8-21(9-11-22)28-20-6-4-19(5-7-20)17-27-25(33)23-16-24(32)30-26(34)29-23/h4-11,18,23,28H,2-3,12-17H2,1H3,(H,27,33)(H2,29,30,32,34)/t23-/m1/s1. The van der Waals surface area contributed by atoms with Crippen LogP contribution in [0.2, 0.25) is 0 Å². The van der Waals surface area contributed by atoms with Gasteiger partial charge >= 0.3 is 6.03 Å². The van der Waals surface area contributed by atoms with Crippen LogP contribution in [-0.2, 0) is 16.1 Å². The first kappa shape index (κ1) is 23.6. The molecule has 0 bridgehead atoms. The van der Waals surface area contributed by atoms with E-state index in [2.05, 4.69) is 57.4 Å². The van der Waals surface area contributed by atoms with Gasteiger partial charge in [-0.05, 0) is 60.7 Å². The molecule has 1 atom stereocenters. The summed E-state index contributed by atoms with van der Waals surface area (Å²) in [7, 11) is 0. The number of nitrogens with one attached hydrogen (secondary N) is 4. The van der Waals surface area contributed by atoms with Gasteiger partial charge in [0.05, 0.1) is 6.42 Å². The number of imide groups is 1. The SMILES string of the molecule is CCCC1CCN(c2ccc(Nc3ccc(CNC(=O)[C@H]4CC(=O)NC(=O)N4)cc3)cc2)CC1. The molecule has 8 heteroatoms. The molecule has 2 fully saturated rings. The number of anilines is 3. The van der Waals surface area contributed by atoms with Crippen molar-refractivity contribution in [1.82, 2.24) is 16.0 Å². The van der Waals surface area contributed by atoms with Gasteiger partial charge in [0, 0.05) is 36.7 Å². The lowest BCUT2D eigenvalue weighted by molar-refractivity contribution is -0.128. The molecule has 2 aromatic rings. The number of urea groups is 1. The van der Waals surface area contributed by atoms with Crippen molar-refractivity contribution >= 4 is 34.9 Å². The van der Waals surface area contributed by atoms with Gasteiger partial charge < -0.3 is 20.9 Å². The quantitative estimate of drug-likeness (QED) is 0.479. The van der Waals surface area contributed by atoms with E-state index in [1.807, 2.05) is 24.3 Å². The number of piperidine rings is 1. The Balaban J connectivity index is 1.24. The fourth-order valence-corrected chi connectivity index (χ4v) is 4.60. The van der Waals surface area contributed by atoms with Crippen LogP contribution in [0, 0.1) is 5.92 Å². The van der Waals surface area contributed by atoms with E-state index in [9.17, 15) is 14.4 Å². The number of benzene rings is 2. The highest BCUT2D eigenvalue weighted by Crippen LogP contribution is 2.27. The van der Waals surface area contributed by atoms with Crippen molar-refractivity contribution in [1.29, 1.82) is 0 Å². The smallest absolute Gasteiger partial charge is 0.322 e. The molecule has 0 aliphatic carbocycles. The Bertz CT molecular complexity index is 982. The molecule has 0 saturated carbocycles. The largest absolute Gasteiger partial charge is 0.372 e. The summed E-state index contributed by atoms with van der Waals surface area (Å²) in [6, 6.07) is 14.9. The van der Waals surface area contributed by atoms with Crippen molar-refractivity contribution in [2.45, 2.75) is 51.6 Å².